The van der Waals surface area contributed by atoms with Crippen molar-refractivity contribution in [3.05, 3.63) is 32.4 Å². The van der Waals surface area contributed by atoms with Crippen LogP contribution in [0.3, 0.4) is 0 Å². The van der Waals surface area contributed by atoms with Crippen LogP contribution in [0.1, 0.15) is 17.5 Å². The number of hydrogen-bond acceptors (Lipinski definition) is 8. The molecule has 0 spiro atoms. The summed E-state index contributed by atoms with van der Waals surface area (Å²) < 4.78 is 0. The lowest BCUT2D eigenvalue weighted by Crippen LogP contribution is -2.20. The second-order valence-corrected chi connectivity index (χ2v) is 5.35. The molecule has 0 bridgehead atoms. The third-order valence-corrected chi connectivity index (χ3v) is 3.79. The van der Waals surface area contributed by atoms with Crippen molar-refractivity contribution in [2.24, 2.45) is 0 Å². The summed E-state index contributed by atoms with van der Waals surface area (Å²) in [5, 5.41) is 14.1. The molecule has 0 amide bonds. The van der Waals surface area contributed by atoms with Gasteiger partial charge in [-0.15, -0.1) is 11.3 Å². The van der Waals surface area contributed by atoms with Crippen LogP contribution in [-0.2, 0) is 6.54 Å². The fourth-order valence-corrected chi connectivity index (χ4v) is 2.62. The van der Waals surface area contributed by atoms with Crippen molar-refractivity contribution in [3.63, 3.8) is 0 Å². The van der Waals surface area contributed by atoms with Crippen molar-refractivity contribution in [1.82, 2.24) is 15.0 Å². The van der Waals surface area contributed by atoms with E-state index in [0.29, 0.717) is 24.9 Å². The lowest BCUT2D eigenvalue weighted by atomic mass is 10.3. The third-order valence-electron chi connectivity index (χ3n) is 2.87. The van der Waals surface area contributed by atoms with Crippen molar-refractivity contribution in [3.8, 4) is 0 Å². The molecular weight excluding hydrogens is 292 g/mol. The van der Waals surface area contributed by atoms with Crippen LogP contribution < -0.4 is 10.2 Å². The molecule has 0 aromatic carbocycles. The Kier molecular flexibility index (Phi) is 4.63. The van der Waals surface area contributed by atoms with E-state index in [0.717, 1.165) is 10.6 Å². The quantitative estimate of drug-likeness (QED) is 0.645. The van der Waals surface area contributed by atoms with Gasteiger partial charge in [-0.2, -0.15) is 4.98 Å². The first-order chi connectivity index (χ1) is 10.0. The highest BCUT2D eigenvalue weighted by Crippen LogP contribution is 2.27. The zero-order chi connectivity index (χ0) is 15.4. The van der Waals surface area contributed by atoms with Crippen molar-refractivity contribution >= 4 is 28.8 Å². The average molecular weight is 308 g/mol. The monoisotopic (exact) mass is 308 g/mol. The first-order valence-electron chi connectivity index (χ1n) is 6.38. The summed E-state index contributed by atoms with van der Waals surface area (Å²) in [4.78, 5) is 25.8. The molecule has 0 atom stereocenters. The summed E-state index contributed by atoms with van der Waals surface area (Å²) in [6.07, 6.45) is 1.23. The number of aryl methyl sites for hydroxylation is 1. The molecule has 2 aromatic heterocycles. The van der Waals surface area contributed by atoms with Gasteiger partial charge in [0, 0.05) is 18.5 Å². The van der Waals surface area contributed by atoms with Crippen molar-refractivity contribution in [1.29, 1.82) is 0 Å². The van der Waals surface area contributed by atoms with E-state index in [2.05, 4.69) is 20.3 Å². The molecule has 112 valence electrons. The van der Waals surface area contributed by atoms with Gasteiger partial charge in [0.2, 0.25) is 11.8 Å². The Bertz CT molecular complexity index is 644. The first kappa shape index (κ1) is 15.1. The zero-order valence-corrected chi connectivity index (χ0v) is 12.8. The number of anilines is 2. The predicted octanol–water partition coefficient (Wildman–Crippen LogP) is 2.22. The van der Waals surface area contributed by atoms with Crippen LogP contribution in [0.4, 0.5) is 17.5 Å². The Labute approximate surface area is 126 Å². The standard InChI is InChI=1S/C12H16N6O2S/c1-4-13-12-14-5-9(18(19)20)11(16-12)17(3)6-10-8(2)15-7-21-10/h5,7H,4,6H2,1-3H3,(H,13,14,16). The highest BCUT2D eigenvalue weighted by molar-refractivity contribution is 7.09. The Morgan fingerprint density at radius 3 is 2.81 bits per heavy atom. The Balaban J connectivity index is 2.32. The van der Waals surface area contributed by atoms with Crippen molar-refractivity contribution in [2.45, 2.75) is 20.4 Å². The maximum Gasteiger partial charge on any atom is 0.329 e. The van der Waals surface area contributed by atoms with Crippen LogP contribution in [-0.4, -0.2) is 33.5 Å². The van der Waals surface area contributed by atoms with Gasteiger partial charge in [0.1, 0.15) is 6.20 Å². The first-order valence-corrected chi connectivity index (χ1v) is 7.26. The predicted molar refractivity (Wildman–Crippen MR) is 81.8 cm³/mol. The largest absolute Gasteiger partial charge is 0.354 e. The fourth-order valence-electron chi connectivity index (χ4n) is 1.79. The Morgan fingerprint density at radius 1 is 1.48 bits per heavy atom. The molecule has 21 heavy (non-hydrogen) atoms. The van der Waals surface area contributed by atoms with E-state index in [1.165, 1.54) is 17.5 Å². The van der Waals surface area contributed by atoms with Gasteiger partial charge in [0.05, 0.1) is 22.7 Å². The topological polar surface area (TPSA) is 97.1 Å². The minimum Gasteiger partial charge on any atom is -0.354 e. The summed E-state index contributed by atoms with van der Waals surface area (Å²) in [6, 6.07) is 0. The molecule has 0 aliphatic heterocycles. The summed E-state index contributed by atoms with van der Waals surface area (Å²) >= 11 is 1.52. The van der Waals surface area contributed by atoms with E-state index in [1.54, 1.807) is 17.5 Å². The summed E-state index contributed by atoms with van der Waals surface area (Å²) in [5.74, 6) is 0.671. The zero-order valence-electron chi connectivity index (χ0n) is 12.0. The van der Waals surface area contributed by atoms with Gasteiger partial charge in [0.25, 0.3) is 0 Å². The van der Waals surface area contributed by atoms with Crippen LogP contribution in [0.5, 0.6) is 0 Å². The number of aromatic nitrogens is 3. The highest BCUT2D eigenvalue weighted by Gasteiger charge is 2.21. The fraction of sp³-hybridized carbons (Fsp3) is 0.417. The van der Waals surface area contributed by atoms with Gasteiger partial charge < -0.3 is 10.2 Å². The molecule has 0 aliphatic rings. The van der Waals surface area contributed by atoms with Gasteiger partial charge in [-0.05, 0) is 13.8 Å². The third kappa shape index (κ3) is 3.43. The molecule has 0 aliphatic carbocycles. The second kappa shape index (κ2) is 6.44. The molecule has 9 heteroatoms. The van der Waals surface area contributed by atoms with Gasteiger partial charge in [-0.3, -0.25) is 10.1 Å². The van der Waals surface area contributed by atoms with E-state index in [-0.39, 0.29) is 5.69 Å². The van der Waals surface area contributed by atoms with Gasteiger partial charge in [-0.25, -0.2) is 9.97 Å². The normalized spacial score (nSPS) is 10.4. The molecule has 2 rings (SSSR count). The van der Waals surface area contributed by atoms with Gasteiger partial charge in [-0.1, -0.05) is 0 Å². The average Bonchev–Trinajstić information content (AvgIpc) is 2.84. The van der Waals surface area contributed by atoms with Gasteiger partial charge >= 0.3 is 5.69 Å². The summed E-state index contributed by atoms with van der Waals surface area (Å²) in [7, 11) is 1.77. The molecule has 0 unspecified atom stereocenters. The summed E-state index contributed by atoms with van der Waals surface area (Å²) in [5.41, 5.74) is 2.58. The number of nitrogens with zero attached hydrogens (tertiary/aromatic N) is 5. The van der Waals surface area contributed by atoms with E-state index in [9.17, 15) is 10.1 Å². The SMILES string of the molecule is CCNc1ncc([N+](=O)[O-])c(N(C)Cc2scnc2C)n1. The van der Waals surface area contributed by atoms with E-state index < -0.39 is 4.92 Å². The minimum absolute atomic E-state index is 0.110. The lowest BCUT2D eigenvalue weighted by molar-refractivity contribution is -0.384. The molecule has 2 heterocycles. The minimum atomic E-state index is -0.471. The van der Waals surface area contributed by atoms with Crippen LogP contribution in [0.2, 0.25) is 0 Å². The van der Waals surface area contributed by atoms with Gasteiger partial charge in [0.15, 0.2) is 0 Å². The second-order valence-electron chi connectivity index (χ2n) is 4.41. The number of thiazole rings is 1. The van der Waals surface area contributed by atoms with Crippen LogP contribution in [0.15, 0.2) is 11.7 Å². The smallest absolute Gasteiger partial charge is 0.329 e. The summed E-state index contributed by atoms with van der Waals surface area (Å²) in [6.45, 7) is 4.99. The lowest BCUT2D eigenvalue weighted by Gasteiger charge is -2.17. The maximum atomic E-state index is 11.1. The molecule has 0 saturated heterocycles. The van der Waals surface area contributed by atoms with Crippen molar-refractivity contribution in [2.75, 3.05) is 23.8 Å². The maximum absolute atomic E-state index is 11.1. The van der Waals surface area contributed by atoms with E-state index >= 15 is 0 Å². The Morgan fingerprint density at radius 2 is 2.24 bits per heavy atom. The Hall–Kier alpha value is -2.29. The molecule has 1 N–H and O–H groups in total. The van der Waals surface area contributed by atoms with Crippen LogP contribution >= 0.6 is 11.3 Å². The molecule has 0 saturated carbocycles. The molecule has 8 nitrogen and oxygen atoms in total. The molecular formula is C12H16N6O2S. The molecule has 2 aromatic rings. The highest BCUT2D eigenvalue weighted by atomic mass is 32.1. The molecule has 0 fully saturated rings. The van der Waals surface area contributed by atoms with Crippen LogP contribution in [0.25, 0.3) is 0 Å². The van der Waals surface area contributed by atoms with E-state index in [1.807, 2.05) is 13.8 Å². The number of nitrogens with one attached hydrogen (secondary N) is 1. The number of nitro groups is 1. The number of hydrogen-bond donors (Lipinski definition) is 1. The van der Waals surface area contributed by atoms with E-state index in [4.69, 9.17) is 0 Å². The number of rotatable bonds is 6. The molecule has 0 radical (unpaired) electrons. The van der Waals surface area contributed by atoms with Crippen molar-refractivity contribution < 1.29 is 4.92 Å². The van der Waals surface area contributed by atoms with Crippen LogP contribution in [0, 0.1) is 17.0 Å².